The van der Waals surface area contributed by atoms with Crippen molar-refractivity contribution >= 4 is 5.91 Å². The van der Waals surface area contributed by atoms with E-state index in [1.807, 2.05) is 0 Å². The highest BCUT2D eigenvalue weighted by molar-refractivity contribution is 5.80. The van der Waals surface area contributed by atoms with Crippen LogP contribution in [-0.4, -0.2) is 32.2 Å². The Bertz CT molecular complexity index is 116. The number of carbonyl (C=O) groups is 1. The third kappa shape index (κ3) is 2.33. The van der Waals surface area contributed by atoms with Crippen LogP contribution in [0.25, 0.3) is 0 Å². The predicted molar refractivity (Wildman–Crippen MR) is 38.5 cm³/mol. The Labute approximate surface area is 60.7 Å². The molecule has 0 spiro atoms. The van der Waals surface area contributed by atoms with Crippen LogP contribution in [0.4, 0.5) is 0 Å². The quantitative estimate of drug-likeness (QED) is 0.540. The number of hydrogen-bond donors (Lipinski definition) is 2. The van der Waals surface area contributed by atoms with E-state index in [9.17, 15) is 4.79 Å². The molecule has 0 saturated carbocycles. The maximum atomic E-state index is 10.6. The van der Waals surface area contributed by atoms with Gasteiger partial charge in [0, 0.05) is 7.11 Å². The molecule has 0 aromatic carbocycles. The van der Waals surface area contributed by atoms with E-state index in [2.05, 4.69) is 5.32 Å². The lowest BCUT2D eigenvalue weighted by atomic mass is 10.2. The number of rotatable bonds is 4. The Morgan fingerprint density at radius 1 is 1.70 bits per heavy atom. The van der Waals surface area contributed by atoms with Crippen molar-refractivity contribution in [3.8, 4) is 0 Å². The fraction of sp³-hybridized carbons (Fsp3) is 0.833. The summed E-state index contributed by atoms with van der Waals surface area (Å²) in [7, 11) is 3.21. The molecule has 4 nitrogen and oxygen atoms in total. The molecule has 0 aromatic rings. The first-order chi connectivity index (χ1) is 4.63. The minimum atomic E-state index is -0.398. The van der Waals surface area contributed by atoms with Crippen molar-refractivity contribution in [3.05, 3.63) is 0 Å². The number of carbonyl (C=O) groups excluding carboxylic acids is 1. The molecular formula is C6H14N2O2. The minimum Gasteiger partial charge on any atom is -0.380 e. The maximum Gasteiger partial charge on any atom is 0.237 e. The lowest BCUT2D eigenvalue weighted by Crippen LogP contribution is -2.47. The number of amides is 1. The average Bonchev–Trinajstić information content (AvgIpc) is 1.88. The zero-order valence-corrected chi connectivity index (χ0v) is 6.55. The largest absolute Gasteiger partial charge is 0.380 e. The van der Waals surface area contributed by atoms with Gasteiger partial charge in [0.2, 0.25) is 5.91 Å². The van der Waals surface area contributed by atoms with Crippen LogP contribution in [0.2, 0.25) is 0 Å². The molecular weight excluding hydrogens is 132 g/mol. The summed E-state index contributed by atoms with van der Waals surface area (Å²) in [6.07, 6.45) is -0.178. The molecule has 0 aliphatic carbocycles. The van der Waals surface area contributed by atoms with Crippen LogP contribution in [0.15, 0.2) is 0 Å². The predicted octanol–water partition coefficient (Wildman–Crippen LogP) is -0.905. The van der Waals surface area contributed by atoms with Crippen LogP contribution in [-0.2, 0) is 9.53 Å². The van der Waals surface area contributed by atoms with Crippen molar-refractivity contribution in [1.82, 2.24) is 5.32 Å². The summed E-state index contributed by atoms with van der Waals surface area (Å²) in [6, 6.07) is -0.398. The fourth-order valence-corrected chi connectivity index (χ4v) is 0.744. The van der Waals surface area contributed by atoms with Crippen LogP contribution in [0, 0.1) is 0 Å². The minimum absolute atomic E-state index is 0.178. The van der Waals surface area contributed by atoms with Gasteiger partial charge in [0.1, 0.15) is 6.04 Å². The normalized spacial score (nSPS) is 16.3. The van der Waals surface area contributed by atoms with Gasteiger partial charge in [-0.3, -0.25) is 4.79 Å². The number of nitrogens with two attached hydrogens (primary N) is 1. The number of primary amides is 1. The van der Waals surface area contributed by atoms with Gasteiger partial charge in [0.15, 0.2) is 0 Å². The summed E-state index contributed by atoms with van der Waals surface area (Å²) in [4.78, 5) is 10.6. The Hall–Kier alpha value is -0.610. The standard InChI is InChI=1S/C6H14N2O2/c1-4(10-3)5(8-2)6(7)9/h4-5,8H,1-3H3,(H2,7,9)/t4-,5+/m1/s1. The van der Waals surface area contributed by atoms with Crippen LogP contribution in [0.5, 0.6) is 0 Å². The molecule has 0 aliphatic rings. The molecule has 60 valence electrons. The van der Waals surface area contributed by atoms with Crippen molar-refractivity contribution in [1.29, 1.82) is 0 Å². The summed E-state index contributed by atoms with van der Waals surface area (Å²) in [5.74, 6) is -0.392. The van der Waals surface area contributed by atoms with Crippen LogP contribution < -0.4 is 11.1 Å². The third-order valence-electron chi connectivity index (χ3n) is 1.46. The van der Waals surface area contributed by atoms with E-state index in [0.717, 1.165) is 0 Å². The average molecular weight is 146 g/mol. The number of methoxy groups -OCH3 is 1. The first kappa shape index (κ1) is 9.39. The fourth-order valence-electron chi connectivity index (χ4n) is 0.744. The Kier molecular flexibility index (Phi) is 3.99. The molecule has 0 saturated heterocycles. The maximum absolute atomic E-state index is 10.6. The van der Waals surface area contributed by atoms with E-state index >= 15 is 0 Å². The van der Waals surface area contributed by atoms with Crippen molar-refractivity contribution in [3.63, 3.8) is 0 Å². The highest BCUT2D eigenvalue weighted by Crippen LogP contribution is 1.94. The number of likely N-dealkylation sites (N-methyl/N-ethyl adjacent to an activating group) is 1. The van der Waals surface area contributed by atoms with Crippen molar-refractivity contribution in [2.24, 2.45) is 5.73 Å². The van der Waals surface area contributed by atoms with Gasteiger partial charge in [-0.05, 0) is 14.0 Å². The zero-order chi connectivity index (χ0) is 8.15. The van der Waals surface area contributed by atoms with Gasteiger partial charge in [-0.1, -0.05) is 0 Å². The number of ether oxygens (including phenoxy) is 1. The first-order valence-electron chi connectivity index (χ1n) is 3.12. The molecule has 1 amide bonds. The van der Waals surface area contributed by atoms with Crippen molar-refractivity contribution in [2.45, 2.75) is 19.1 Å². The molecule has 0 aliphatic heterocycles. The van der Waals surface area contributed by atoms with Crippen LogP contribution >= 0.6 is 0 Å². The van der Waals surface area contributed by atoms with Gasteiger partial charge in [-0.2, -0.15) is 0 Å². The van der Waals surface area contributed by atoms with Crippen LogP contribution in [0.1, 0.15) is 6.92 Å². The van der Waals surface area contributed by atoms with E-state index in [4.69, 9.17) is 10.5 Å². The molecule has 0 unspecified atom stereocenters. The summed E-state index contributed by atoms with van der Waals surface area (Å²) in [6.45, 7) is 1.78. The molecule has 0 fully saturated rings. The Morgan fingerprint density at radius 3 is 2.30 bits per heavy atom. The number of nitrogens with one attached hydrogen (secondary N) is 1. The van der Waals surface area contributed by atoms with E-state index in [0.29, 0.717) is 0 Å². The molecule has 0 aromatic heterocycles. The van der Waals surface area contributed by atoms with Gasteiger partial charge in [0.25, 0.3) is 0 Å². The van der Waals surface area contributed by atoms with Gasteiger partial charge < -0.3 is 15.8 Å². The number of hydrogen-bond acceptors (Lipinski definition) is 3. The lowest BCUT2D eigenvalue weighted by molar-refractivity contribution is -0.122. The monoisotopic (exact) mass is 146 g/mol. The second-order valence-corrected chi connectivity index (χ2v) is 2.11. The molecule has 4 heteroatoms. The molecule has 0 heterocycles. The van der Waals surface area contributed by atoms with E-state index in [-0.39, 0.29) is 6.10 Å². The molecule has 0 radical (unpaired) electrons. The SMILES string of the molecule is CN[C@H](C(N)=O)[C@@H](C)OC. The summed E-state index contributed by atoms with van der Waals surface area (Å²) in [5.41, 5.74) is 5.04. The summed E-state index contributed by atoms with van der Waals surface area (Å²) >= 11 is 0. The Balaban J connectivity index is 3.92. The molecule has 0 rings (SSSR count). The van der Waals surface area contributed by atoms with Gasteiger partial charge >= 0.3 is 0 Å². The van der Waals surface area contributed by atoms with Gasteiger partial charge in [-0.15, -0.1) is 0 Å². The zero-order valence-electron chi connectivity index (χ0n) is 6.55. The highest BCUT2D eigenvalue weighted by atomic mass is 16.5. The second-order valence-electron chi connectivity index (χ2n) is 2.11. The van der Waals surface area contributed by atoms with Gasteiger partial charge in [-0.25, -0.2) is 0 Å². The van der Waals surface area contributed by atoms with Gasteiger partial charge in [0.05, 0.1) is 6.10 Å². The third-order valence-corrected chi connectivity index (χ3v) is 1.46. The van der Waals surface area contributed by atoms with Crippen molar-refractivity contribution in [2.75, 3.05) is 14.2 Å². The van der Waals surface area contributed by atoms with E-state index < -0.39 is 11.9 Å². The second kappa shape index (κ2) is 4.24. The lowest BCUT2D eigenvalue weighted by Gasteiger charge is -2.18. The smallest absolute Gasteiger partial charge is 0.237 e. The topological polar surface area (TPSA) is 64.3 Å². The highest BCUT2D eigenvalue weighted by Gasteiger charge is 2.19. The van der Waals surface area contributed by atoms with Crippen LogP contribution in [0.3, 0.4) is 0 Å². The van der Waals surface area contributed by atoms with Crippen molar-refractivity contribution < 1.29 is 9.53 Å². The molecule has 10 heavy (non-hydrogen) atoms. The molecule has 0 bridgehead atoms. The Morgan fingerprint density at radius 2 is 2.20 bits per heavy atom. The summed E-state index contributed by atoms with van der Waals surface area (Å²) in [5, 5.41) is 2.75. The van der Waals surface area contributed by atoms with E-state index in [1.165, 1.54) is 7.11 Å². The molecule has 2 atom stereocenters. The van der Waals surface area contributed by atoms with E-state index in [1.54, 1.807) is 14.0 Å². The summed E-state index contributed by atoms with van der Waals surface area (Å²) < 4.78 is 4.90. The molecule has 3 N–H and O–H groups in total. The first-order valence-corrected chi connectivity index (χ1v) is 3.12.